The first kappa shape index (κ1) is 8.97. The minimum atomic E-state index is -0.172. The predicted molar refractivity (Wildman–Crippen MR) is 43.5 cm³/mol. The van der Waals surface area contributed by atoms with Crippen molar-refractivity contribution >= 4 is 0 Å². The summed E-state index contributed by atoms with van der Waals surface area (Å²) in [6.07, 6.45) is 1.48. The van der Waals surface area contributed by atoms with Gasteiger partial charge in [0.15, 0.2) is 0 Å². The highest BCUT2D eigenvalue weighted by atomic mass is 16.5. The Balaban J connectivity index is 2.13. The van der Waals surface area contributed by atoms with Crippen molar-refractivity contribution in [3.63, 3.8) is 0 Å². The van der Waals surface area contributed by atoms with Crippen molar-refractivity contribution < 1.29 is 9.84 Å². The maximum Gasteiger partial charge on any atom is 0.0621 e. The van der Waals surface area contributed by atoms with E-state index in [1.807, 2.05) is 6.92 Å². The Morgan fingerprint density at radius 1 is 1.73 bits per heavy atom. The van der Waals surface area contributed by atoms with E-state index >= 15 is 0 Å². The molecular formula is C8H17NO2. The molecule has 0 saturated carbocycles. The maximum atomic E-state index is 9.31. The summed E-state index contributed by atoms with van der Waals surface area (Å²) >= 11 is 0. The van der Waals surface area contributed by atoms with Crippen LogP contribution in [0.2, 0.25) is 0 Å². The zero-order valence-electron chi connectivity index (χ0n) is 7.05. The van der Waals surface area contributed by atoms with Crippen molar-refractivity contribution in [3.05, 3.63) is 0 Å². The van der Waals surface area contributed by atoms with E-state index in [9.17, 15) is 5.11 Å². The molecule has 1 saturated heterocycles. The summed E-state index contributed by atoms with van der Waals surface area (Å²) in [5.74, 6) is 0. The highest BCUT2D eigenvalue weighted by Gasteiger charge is 2.15. The molecule has 0 bridgehead atoms. The van der Waals surface area contributed by atoms with Crippen LogP contribution < -0.4 is 5.32 Å². The van der Waals surface area contributed by atoms with Gasteiger partial charge in [-0.25, -0.2) is 0 Å². The average molecular weight is 159 g/mol. The molecule has 0 amide bonds. The van der Waals surface area contributed by atoms with Gasteiger partial charge < -0.3 is 15.2 Å². The Hall–Kier alpha value is -0.120. The fourth-order valence-electron chi connectivity index (χ4n) is 1.27. The molecule has 2 N–H and O–H groups in total. The fraction of sp³-hybridized carbons (Fsp3) is 1.00. The van der Waals surface area contributed by atoms with Crippen molar-refractivity contribution in [2.45, 2.75) is 31.9 Å². The standard InChI is InChI=1S/C8H17NO2/c1-2-8(10)5-7-6-11-4-3-9-7/h7-10H,2-6H2,1H3. The number of nitrogens with one attached hydrogen (secondary N) is 1. The van der Waals surface area contributed by atoms with Crippen LogP contribution in [0.25, 0.3) is 0 Å². The van der Waals surface area contributed by atoms with Crippen LogP contribution >= 0.6 is 0 Å². The maximum absolute atomic E-state index is 9.31. The molecule has 0 aromatic carbocycles. The van der Waals surface area contributed by atoms with E-state index in [2.05, 4.69) is 5.32 Å². The van der Waals surface area contributed by atoms with Crippen molar-refractivity contribution in [2.75, 3.05) is 19.8 Å². The summed E-state index contributed by atoms with van der Waals surface area (Å²) in [6, 6.07) is 0.360. The van der Waals surface area contributed by atoms with Crippen LogP contribution in [0.1, 0.15) is 19.8 Å². The van der Waals surface area contributed by atoms with Crippen LogP contribution in [0.5, 0.6) is 0 Å². The van der Waals surface area contributed by atoms with Gasteiger partial charge in [-0.3, -0.25) is 0 Å². The van der Waals surface area contributed by atoms with E-state index in [4.69, 9.17) is 4.74 Å². The summed E-state index contributed by atoms with van der Waals surface area (Å²) in [5, 5.41) is 12.6. The second-order valence-corrected chi connectivity index (χ2v) is 3.02. The lowest BCUT2D eigenvalue weighted by Crippen LogP contribution is -2.43. The van der Waals surface area contributed by atoms with Gasteiger partial charge in [-0.2, -0.15) is 0 Å². The molecule has 0 aliphatic carbocycles. The molecule has 66 valence electrons. The van der Waals surface area contributed by atoms with E-state index in [0.717, 1.165) is 32.6 Å². The van der Waals surface area contributed by atoms with Crippen LogP contribution in [0.4, 0.5) is 0 Å². The van der Waals surface area contributed by atoms with Crippen molar-refractivity contribution in [1.29, 1.82) is 0 Å². The van der Waals surface area contributed by atoms with Gasteiger partial charge in [-0.15, -0.1) is 0 Å². The number of hydrogen-bond donors (Lipinski definition) is 2. The van der Waals surface area contributed by atoms with Gasteiger partial charge in [0.25, 0.3) is 0 Å². The van der Waals surface area contributed by atoms with Gasteiger partial charge >= 0.3 is 0 Å². The Kier molecular flexibility index (Phi) is 3.83. The van der Waals surface area contributed by atoms with Gasteiger partial charge in [0, 0.05) is 12.6 Å². The SMILES string of the molecule is CCC(O)CC1COCCN1. The Bertz CT molecular complexity index is 102. The number of rotatable bonds is 3. The van der Waals surface area contributed by atoms with Crippen molar-refractivity contribution in [3.8, 4) is 0 Å². The third kappa shape index (κ3) is 3.18. The number of hydrogen-bond acceptors (Lipinski definition) is 3. The molecule has 0 radical (unpaired) electrons. The Labute approximate surface area is 67.7 Å². The summed E-state index contributed by atoms with van der Waals surface area (Å²) in [5.41, 5.74) is 0. The van der Waals surface area contributed by atoms with E-state index in [-0.39, 0.29) is 6.10 Å². The van der Waals surface area contributed by atoms with Crippen LogP contribution in [0.3, 0.4) is 0 Å². The largest absolute Gasteiger partial charge is 0.393 e. The normalized spacial score (nSPS) is 28.4. The average Bonchev–Trinajstić information content (AvgIpc) is 2.06. The van der Waals surface area contributed by atoms with E-state index in [0.29, 0.717) is 6.04 Å². The summed E-state index contributed by atoms with van der Waals surface area (Å²) < 4.78 is 5.25. The van der Waals surface area contributed by atoms with Gasteiger partial charge in [-0.1, -0.05) is 6.92 Å². The number of aliphatic hydroxyl groups is 1. The topological polar surface area (TPSA) is 41.5 Å². The Morgan fingerprint density at radius 3 is 3.09 bits per heavy atom. The molecule has 1 rings (SSSR count). The molecule has 2 unspecified atom stereocenters. The third-order valence-electron chi connectivity index (χ3n) is 2.03. The molecule has 0 aromatic rings. The molecule has 1 aliphatic heterocycles. The second kappa shape index (κ2) is 4.70. The molecule has 1 heterocycles. The molecular weight excluding hydrogens is 142 g/mol. The molecule has 0 aromatic heterocycles. The first-order valence-corrected chi connectivity index (χ1v) is 4.32. The number of ether oxygens (including phenoxy) is 1. The van der Waals surface area contributed by atoms with Gasteiger partial charge in [-0.05, 0) is 12.8 Å². The predicted octanol–water partition coefficient (Wildman–Crippen LogP) is 0.136. The monoisotopic (exact) mass is 159 g/mol. The first-order chi connectivity index (χ1) is 5.33. The minimum absolute atomic E-state index is 0.172. The highest BCUT2D eigenvalue weighted by molar-refractivity contribution is 4.72. The lowest BCUT2D eigenvalue weighted by atomic mass is 10.1. The van der Waals surface area contributed by atoms with E-state index in [1.54, 1.807) is 0 Å². The van der Waals surface area contributed by atoms with Crippen molar-refractivity contribution in [2.24, 2.45) is 0 Å². The lowest BCUT2D eigenvalue weighted by Gasteiger charge is -2.25. The third-order valence-corrected chi connectivity index (χ3v) is 2.03. The highest BCUT2D eigenvalue weighted by Crippen LogP contribution is 2.04. The quantitative estimate of drug-likeness (QED) is 0.615. The van der Waals surface area contributed by atoms with Crippen LogP contribution in [0.15, 0.2) is 0 Å². The molecule has 11 heavy (non-hydrogen) atoms. The molecule has 1 aliphatic rings. The fourth-order valence-corrected chi connectivity index (χ4v) is 1.27. The molecule has 1 fully saturated rings. The molecule has 2 atom stereocenters. The van der Waals surface area contributed by atoms with Crippen molar-refractivity contribution in [1.82, 2.24) is 5.32 Å². The van der Waals surface area contributed by atoms with E-state index < -0.39 is 0 Å². The number of morpholine rings is 1. The van der Waals surface area contributed by atoms with Crippen LogP contribution in [0, 0.1) is 0 Å². The minimum Gasteiger partial charge on any atom is -0.393 e. The summed E-state index contributed by atoms with van der Waals surface area (Å²) in [6.45, 7) is 4.46. The summed E-state index contributed by atoms with van der Waals surface area (Å²) in [7, 11) is 0. The van der Waals surface area contributed by atoms with Gasteiger partial charge in [0.2, 0.25) is 0 Å². The van der Waals surface area contributed by atoms with E-state index in [1.165, 1.54) is 0 Å². The second-order valence-electron chi connectivity index (χ2n) is 3.02. The zero-order valence-corrected chi connectivity index (χ0v) is 7.05. The zero-order chi connectivity index (χ0) is 8.10. The van der Waals surface area contributed by atoms with Crippen LogP contribution in [-0.4, -0.2) is 37.0 Å². The molecule has 0 spiro atoms. The van der Waals surface area contributed by atoms with Crippen LogP contribution in [-0.2, 0) is 4.74 Å². The van der Waals surface area contributed by atoms with Gasteiger partial charge in [0.05, 0.1) is 19.3 Å². The molecule has 3 nitrogen and oxygen atoms in total. The lowest BCUT2D eigenvalue weighted by molar-refractivity contribution is 0.0513. The Morgan fingerprint density at radius 2 is 2.55 bits per heavy atom. The summed E-state index contributed by atoms with van der Waals surface area (Å²) in [4.78, 5) is 0. The smallest absolute Gasteiger partial charge is 0.0621 e. The number of aliphatic hydroxyl groups excluding tert-OH is 1. The molecule has 3 heteroatoms. The van der Waals surface area contributed by atoms with Gasteiger partial charge in [0.1, 0.15) is 0 Å². The first-order valence-electron chi connectivity index (χ1n) is 4.32.